The molecule has 0 aliphatic heterocycles. The van der Waals surface area contributed by atoms with Crippen LogP contribution in [0.25, 0.3) is 11.1 Å². The van der Waals surface area contributed by atoms with Crippen LogP contribution in [-0.2, 0) is 5.41 Å². The molecule has 0 N–H and O–H groups in total. The van der Waals surface area contributed by atoms with E-state index in [1.165, 1.54) is 0 Å². The van der Waals surface area contributed by atoms with Crippen molar-refractivity contribution in [2.24, 2.45) is 0 Å². The Hall–Kier alpha value is -10.3. The first kappa shape index (κ1) is 48.6. The summed E-state index contributed by atoms with van der Waals surface area (Å²) in [5.74, 6) is 0.00677. The van der Waals surface area contributed by atoms with Crippen molar-refractivity contribution >= 4 is 57.0 Å². The molecule has 0 saturated heterocycles. The average molecular weight is 1000 g/mol. The second-order valence-electron chi connectivity index (χ2n) is 19.3. The van der Waals surface area contributed by atoms with Crippen LogP contribution in [0.15, 0.2) is 334 Å². The van der Waals surface area contributed by atoms with Crippen LogP contribution in [0.3, 0.4) is 0 Å². The maximum absolute atomic E-state index is 13.5. The number of benzene rings is 12. The van der Waals surface area contributed by atoms with Gasteiger partial charge in [0, 0.05) is 62.3 Å². The van der Waals surface area contributed by atoms with Crippen molar-refractivity contribution in [2.75, 3.05) is 14.7 Å². The van der Waals surface area contributed by atoms with E-state index < -0.39 is 5.41 Å². The summed E-state index contributed by atoms with van der Waals surface area (Å²) in [7, 11) is 0. The Balaban J connectivity index is 1.05. The summed E-state index contributed by atoms with van der Waals surface area (Å²) >= 11 is 0. The molecule has 4 nitrogen and oxygen atoms in total. The van der Waals surface area contributed by atoms with Gasteiger partial charge in [0.05, 0.1) is 5.41 Å². The molecule has 0 heterocycles. The molecule has 0 amide bonds. The minimum absolute atomic E-state index is 0.00677. The molecule has 0 radical (unpaired) electrons. The van der Waals surface area contributed by atoms with Crippen molar-refractivity contribution in [1.82, 2.24) is 0 Å². The van der Waals surface area contributed by atoms with Gasteiger partial charge >= 0.3 is 0 Å². The summed E-state index contributed by atoms with van der Waals surface area (Å²) in [4.78, 5) is 20.4. The Bertz CT molecular complexity index is 3420. The monoisotopic (exact) mass is 1000 g/mol. The molecule has 4 heteroatoms. The van der Waals surface area contributed by atoms with E-state index in [9.17, 15) is 4.79 Å². The number of carbonyl (C=O) groups is 1. The van der Waals surface area contributed by atoms with E-state index in [-0.39, 0.29) is 5.78 Å². The zero-order valence-corrected chi connectivity index (χ0v) is 43.0. The van der Waals surface area contributed by atoms with Gasteiger partial charge in [-0.2, -0.15) is 0 Å². The number of hydrogen-bond donors (Lipinski definition) is 0. The third kappa shape index (κ3) is 9.78. The molecule has 78 heavy (non-hydrogen) atoms. The van der Waals surface area contributed by atoms with E-state index in [4.69, 9.17) is 0 Å². The molecule has 372 valence electrons. The number of ketones is 1. The number of hydrogen-bond acceptors (Lipinski definition) is 4. The fraction of sp³-hybridized carbons (Fsp3) is 0.0135. The second kappa shape index (κ2) is 22.3. The van der Waals surface area contributed by atoms with Gasteiger partial charge < -0.3 is 14.7 Å². The standard InChI is InChI=1S/C74H55N3O/c78-73(58-22-8-1-9-23-58)59-38-36-56(37-39-59)57-40-42-60(43-41-57)74(61-44-50-70(51-45-61)75(64-24-10-2-11-25-64)65-26-12-3-13-27-65,62-46-52-71(53-47-62)76(66-28-14-4-15-29-66)67-30-16-5-17-31-67)63-48-54-72(55-49-63)77(68-32-18-6-19-33-68)69-34-20-7-21-35-69/h1-55H. The van der Waals surface area contributed by atoms with Crippen molar-refractivity contribution < 1.29 is 4.79 Å². The molecule has 0 unspecified atom stereocenters. The van der Waals surface area contributed by atoms with Crippen LogP contribution < -0.4 is 14.7 Å². The van der Waals surface area contributed by atoms with Crippen molar-refractivity contribution in [3.05, 3.63) is 367 Å². The molecule has 12 aromatic carbocycles. The van der Waals surface area contributed by atoms with Gasteiger partial charge in [0.25, 0.3) is 0 Å². The zero-order chi connectivity index (χ0) is 52.5. The van der Waals surface area contributed by atoms with Gasteiger partial charge in [0.2, 0.25) is 0 Å². The number of anilines is 9. The topological polar surface area (TPSA) is 26.8 Å². The predicted molar refractivity (Wildman–Crippen MR) is 324 cm³/mol. The highest BCUT2D eigenvalue weighted by Gasteiger charge is 2.39. The highest BCUT2D eigenvalue weighted by molar-refractivity contribution is 6.09. The normalized spacial score (nSPS) is 11.1. The van der Waals surface area contributed by atoms with Crippen molar-refractivity contribution in [1.29, 1.82) is 0 Å². The highest BCUT2D eigenvalue weighted by atomic mass is 16.1. The summed E-state index contributed by atoms with van der Waals surface area (Å²) < 4.78 is 0. The summed E-state index contributed by atoms with van der Waals surface area (Å²) in [6, 6.07) is 117. The Morgan fingerprint density at radius 2 is 0.397 bits per heavy atom. The van der Waals surface area contributed by atoms with Gasteiger partial charge in [-0.15, -0.1) is 0 Å². The molecule has 0 aliphatic carbocycles. The smallest absolute Gasteiger partial charge is 0.193 e. The molecule has 0 atom stereocenters. The summed E-state index contributed by atoms with van der Waals surface area (Å²) in [6.45, 7) is 0. The molecular weight excluding hydrogens is 947 g/mol. The lowest BCUT2D eigenvalue weighted by atomic mass is 9.65. The third-order valence-electron chi connectivity index (χ3n) is 14.6. The minimum Gasteiger partial charge on any atom is -0.311 e. The van der Waals surface area contributed by atoms with Crippen molar-refractivity contribution in [3.8, 4) is 11.1 Å². The first-order chi connectivity index (χ1) is 38.6. The molecule has 0 saturated carbocycles. The molecule has 0 aliphatic rings. The molecule has 12 aromatic rings. The fourth-order valence-corrected chi connectivity index (χ4v) is 10.9. The second-order valence-corrected chi connectivity index (χ2v) is 19.3. The van der Waals surface area contributed by atoms with Gasteiger partial charge in [-0.05, 0) is 143 Å². The minimum atomic E-state index is -0.834. The van der Waals surface area contributed by atoms with E-state index in [1.54, 1.807) is 0 Å². The van der Waals surface area contributed by atoms with Crippen LogP contribution in [-0.4, -0.2) is 5.78 Å². The first-order valence-corrected chi connectivity index (χ1v) is 26.4. The van der Waals surface area contributed by atoms with Crippen LogP contribution in [0.5, 0.6) is 0 Å². The largest absolute Gasteiger partial charge is 0.311 e. The van der Waals surface area contributed by atoms with Crippen LogP contribution in [0.1, 0.15) is 38.2 Å². The predicted octanol–water partition coefficient (Wildman–Crippen LogP) is 19.4. The highest BCUT2D eigenvalue weighted by Crippen LogP contribution is 2.49. The zero-order valence-electron chi connectivity index (χ0n) is 43.0. The Morgan fingerprint density at radius 1 is 0.205 bits per heavy atom. The van der Waals surface area contributed by atoms with Crippen molar-refractivity contribution in [2.45, 2.75) is 5.41 Å². The molecule has 12 rings (SSSR count). The quantitative estimate of drug-likeness (QED) is 0.0712. The number of carbonyl (C=O) groups excluding carboxylic acids is 1. The summed E-state index contributed by atoms with van der Waals surface area (Å²) in [5.41, 5.74) is 16.6. The van der Waals surface area contributed by atoms with E-state index in [0.717, 1.165) is 84.6 Å². The van der Waals surface area contributed by atoms with E-state index in [2.05, 4.69) is 306 Å². The SMILES string of the molecule is O=C(c1ccccc1)c1ccc(-c2ccc(C(c3ccc(N(c4ccccc4)c4ccccc4)cc3)(c3ccc(N(c4ccccc4)c4ccccc4)cc3)c3ccc(N(c4ccccc4)c4ccccc4)cc3)cc2)cc1. The number of para-hydroxylation sites is 6. The van der Waals surface area contributed by atoms with E-state index in [0.29, 0.717) is 11.1 Å². The maximum Gasteiger partial charge on any atom is 0.193 e. The Labute approximate surface area is 457 Å². The van der Waals surface area contributed by atoms with Gasteiger partial charge in [-0.25, -0.2) is 0 Å². The Kier molecular flexibility index (Phi) is 13.9. The summed E-state index contributed by atoms with van der Waals surface area (Å²) in [6.07, 6.45) is 0. The van der Waals surface area contributed by atoms with Crippen LogP contribution in [0.2, 0.25) is 0 Å². The summed E-state index contributed by atoms with van der Waals surface area (Å²) in [5, 5.41) is 0. The van der Waals surface area contributed by atoms with Gasteiger partial charge in [0.1, 0.15) is 0 Å². The van der Waals surface area contributed by atoms with Gasteiger partial charge in [-0.3, -0.25) is 4.79 Å². The van der Waals surface area contributed by atoms with E-state index >= 15 is 0 Å². The van der Waals surface area contributed by atoms with Gasteiger partial charge in [-0.1, -0.05) is 224 Å². The molecule has 0 bridgehead atoms. The van der Waals surface area contributed by atoms with Crippen LogP contribution in [0, 0.1) is 0 Å². The van der Waals surface area contributed by atoms with E-state index in [1.807, 2.05) is 42.5 Å². The number of rotatable bonds is 16. The fourth-order valence-electron chi connectivity index (χ4n) is 10.9. The lowest BCUT2D eigenvalue weighted by Gasteiger charge is -2.38. The first-order valence-electron chi connectivity index (χ1n) is 26.4. The van der Waals surface area contributed by atoms with Gasteiger partial charge in [0.15, 0.2) is 5.78 Å². The molecule has 0 spiro atoms. The average Bonchev–Trinajstić information content (AvgIpc) is 3.55. The lowest BCUT2D eigenvalue weighted by Crippen LogP contribution is -2.31. The lowest BCUT2D eigenvalue weighted by molar-refractivity contribution is 0.103. The third-order valence-corrected chi connectivity index (χ3v) is 14.6. The molecule has 0 fully saturated rings. The number of nitrogens with zero attached hydrogens (tertiary/aromatic N) is 3. The van der Waals surface area contributed by atoms with Crippen LogP contribution >= 0.6 is 0 Å². The molecule has 0 aromatic heterocycles. The van der Waals surface area contributed by atoms with Crippen LogP contribution in [0.4, 0.5) is 51.2 Å². The van der Waals surface area contributed by atoms with Crippen molar-refractivity contribution in [3.63, 3.8) is 0 Å². The Morgan fingerprint density at radius 3 is 0.654 bits per heavy atom. The molecular formula is C74H55N3O. The maximum atomic E-state index is 13.5.